The van der Waals surface area contributed by atoms with E-state index in [1.807, 2.05) is 0 Å². The van der Waals surface area contributed by atoms with Crippen molar-refractivity contribution >= 4 is 0 Å². The van der Waals surface area contributed by atoms with Crippen LogP contribution >= 0.6 is 0 Å². The van der Waals surface area contributed by atoms with Crippen molar-refractivity contribution in [3.63, 3.8) is 0 Å². The van der Waals surface area contributed by atoms with Crippen LogP contribution in [0.5, 0.6) is 0 Å². The summed E-state index contributed by atoms with van der Waals surface area (Å²) in [5, 5.41) is 0. The molecular formula is C19H11F4IrN5-2. The van der Waals surface area contributed by atoms with Crippen LogP contribution in [0.15, 0.2) is 48.9 Å². The average molecular weight is 578 g/mol. The first-order chi connectivity index (χ1) is 13.5. The van der Waals surface area contributed by atoms with Gasteiger partial charge in [0, 0.05) is 45.7 Å². The number of imidazole rings is 1. The molecule has 0 bridgehead atoms. The van der Waals surface area contributed by atoms with Crippen molar-refractivity contribution in [2.75, 3.05) is 0 Å². The molecule has 1 radical (unpaired) electrons. The molecule has 0 aliphatic rings. The summed E-state index contributed by atoms with van der Waals surface area (Å²) in [4.78, 5) is 13.9. The number of hydrogen-bond acceptors (Lipinski definition) is 4. The van der Waals surface area contributed by atoms with Crippen molar-refractivity contribution in [1.29, 1.82) is 0 Å². The first-order valence-electron chi connectivity index (χ1n) is 7.82. The third-order valence-corrected chi connectivity index (χ3v) is 3.46. The standard InChI is InChI=1S/C10H5F2N2.C9H6F2N3.Ir/c11-9-5-4-7(10(12)14-9)8-3-1-2-6-13-8;1-14-5-4-12-9(14)6-2-3-7(10)13-8(6)11;/h1-3,5-6H;3-5H,1H3;/q2*-1;. The summed E-state index contributed by atoms with van der Waals surface area (Å²) < 4.78 is 52.8. The van der Waals surface area contributed by atoms with Crippen molar-refractivity contribution in [3.8, 4) is 22.6 Å². The topological polar surface area (TPSA) is 56.5 Å². The summed E-state index contributed by atoms with van der Waals surface area (Å²) >= 11 is 0. The minimum absolute atomic E-state index is 0. The normalized spacial score (nSPS) is 9.97. The Hall–Kier alpha value is -2.97. The molecule has 29 heavy (non-hydrogen) atoms. The van der Waals surface area contributed by atoms with Gasteiger partial charge in [-0.3, -0.25) is 15.0 Å². The Bertz CT molecular complexity index is 1090. The molecule has 0 atom stereocenters. The molecule has 5 nitrogen and oxygen atoms in total. The smallest absolute Gasteiger partial charge is 0.130 e. The van der Waals surface area contributed by atoms with Crippen molar-refractivity contribution in [3.05, 3.63) is 84.8 Å². The number of aryl methyl sites for hydroxylation is 1. The number of rotatable bonds is 2. The molecule has 0 unspecified atom stereocenters. The zero-order valence-electron chi connectivity index (χ0n) is 14.7. The largest absolute Gasteiger partial charge is 0.373 e. The van der Waals surface area contributed by atoms with Crippen LogP contribution in [0.2, 0.25) is 0 Å². The van der Waals surface area contributed by atoms with Gasteiger partial charge in [0.25, 0.3) is 0 Å². The summed E-state index contributed by atoms with van der Waals surface area (Å²) in [6.07, 6.45) is 4.70. The summed E-state index contributed by atoms with van der Waals surface area (Å²) in [6, 6.07) is 11.9. The first-order valence-corrected chi connectivity index (χ1v) is 7.82. The Morgan fingerprint density at radius 2 is 1.45 bits per heavy atom. The van der Waals surface area contributed by atoms with E-state index in [0.717, 1.165) is 12.1 Å². The summed E-state index contributed by atoms with van der Waals surface area (Å²) in [5.41, 5.74) is 0.531. The van der Waals surface area contributed by atoms with Crippen LogP contribution in [-0.4, -0.2) is 24.5 Å². The molecule has 10 heteroatoms. The fourth-order valence-electron chi connectivity index (χ4n) is 2.20. The minimum atomic E-state index is -0.903. The number of aromatic nitrogens is 5. The van der Waals surface area contributed by atoms with Gasteiger partial charge in [0.1, 0.15) is 23.8 Å². The van der Waals surface area contributed by atoms with Crippen molar-refractivity contribution in [2.45, 2.75) is 0 Å². The van der Waals surface area contributed by atoms with Crippen LogP contribution in [0.3, 0.4) is 0 Å². The van der Waals surface area contributed by atoms with Gasteiger partial charge >= 0.3 is 0 Å². The van der Waals surface area contributed by atoms with Gasteiger partial charge in [-0.05, 0) is 11.8 Å². The molecule has 4 aromatic rings. The van der Waals surface area contributed by atoms with Gasteiger partial charge in [0.2, 0.25) is 0 Å². The third kappa shape index (κ3) is 5.52. The maximum Gasteiger partial charge on any atom is 0.130 e. The maximum atomic E-state index is 13.2. The molecule has 0 saturated heterocycles. The number of hydrogen-bond donors (Lipinski definition) is 0. The van der Waals surface area contributed by atoms with E-state index in [9.17, 15) is 17.6 Å². The van der Waals surface area contributed by atoms with E-state index >= 15 is 0 Å². The average Bonchev–Trinajstić information content (AvgIpc) is 3.09. The fraction of sp³-hybridized carbons (Fsp3) is 0.0526. The maximum absolute atomic E-state index is 13.2. The van der Waals surface area contributed by atoms with Crippen LogP contribution in [0.1, 0.15) is 0 Å². The van der Waals surface area contributed by atoms with Crippen LogP contribution in [0, 0.1) is 35.9 Å². The molecule has 0 N–H and O–H groups in total. The number of halogens is 4. The number of nitrogens with zero attached hydrogens (tertiary/aromatic N) is 5. The summed E-state index contributed by atoms with van der Waals surface area (Å²) in [7, 11) is 1.71. The van der Waals surface area contributed by atoms with E-state index in [2.05, 4.69) is 32.1 Å². The van der Waals surface area contributed by atoms with Gasteiger partial charge in [0.05, 0.1) is 5.82 Å². The van der Waals surface area contributed by atoms with Gasteiger partial charge in [-0.1, -0.05) is 35.4 Å². The second kappa shape index (κ2) is 9.99. The van der Waals surface area contributed by atoms with Crippen molar-refractivity contribution in [1.82, 2.24) is 24.5 Å². The first kappa shape index (κ1) is 22.3. The van der Waals surface area contributed by atoms with E-state index < -0.39 is 23.8 Å². The molecule has 0 aliphatic carbocycles. The Kier molecular flexibility index (Phi) is 7.69. The predicted octanol–water partition coefficient (Wildman–Crippen LogP) is 3.78. The second-order valence-corrected chi connectivity index (χ2v) is 5.35. The van der Waals surface area contributed by atoms with E-state index in [1.54, 1.807) is 36.0 Å². The molecular weight excluding hydrogens is 566 g/mol. The van der Waals surface area contributed by atoms with Crippen LogP contribution in [-0.2, 0) is 27.2 Å². The summed E-state index contributed by atoms with van der Waals surface area (Å²) in [6.45, 7) is 0. The Morgan fingerprint density at radius 1 is 0.828 bits per heavy atom. The van der Waals surface area contributed by atoms with Gasteiger partial charge in [-0.25, -0.2) is 17.6 Å². The Labute approximate surface area is 176 Å². The fourth-order valence-corrected chi connectivity index (χ4v) is 2.20. The molecule has 0 aliphatic heterocycles. The van der Waals surface area contributed by atoms with E-state index in [-0.39, 0.29) is 31.2 Å². The van der Waals surface area contributed by atoms with Crippen LogP contribution in [0.25, 0.3) is 22.6 Å². The quantitative estimate of drug-likeness (QED) is 0.207. The molecule has 4 heterocycles. The summed E-state index contributed by atoms with van der Waals surface area (Å²) in [5.74, 6) is -3.21. The zero-order valence-corrected chi connectivity index (χ0v) is 17.1. The molecule has 0 amide bonds. The van der Waals surface area contributed by atoms with E-state index in [4.69, 9.17) is 0 Å². The van der Waals surface area contributed by atoms with Crippen LogP contribution in [0.4, 0.5) is 17.6 Å². The van der Waals surface area contributed by atoms with Crippen molar-refractivity contribution < 1.29 is 37.7 Å². The minimum Gasteiger partial charge on any atom is -0.373 e. The Balaban J connectivity index is 0.000000200. The SMILES string of the molecule is Cn1ccnc1-c1[c-]cc(F)nc1F.Fc1c[c-]c(-c2ccccn2)c(F)n1.[Ir]. The monoisotopic (exact) mass is 578 g/mol. The molecule has 0 saturated carbocycles. The second-order valence-electron chi connectivity index (χ2n) is 5.35. The predicted molar refractivity (Wildman–Crippen MR) is 91.4 cm³/mol. The molecule has 0 aromatic carbocycles. The molecule has 0 fully saturated rings. The van der Waals surface area contributed by atoms with E-state index in [0.29, 0.717) is 11.5 Å². The molecule has 4 aromatic heterocycles. The van der Waals surface area contributed by atoms with Gasteiger partial charge in [-0.2, -0.15) is 0 Å². The van der Waals surface area contributed by atoms with Crippen LogP contribution < -0.4 is 0 Å². The molecule has 0 spiro atoms. The Morgan fingerprint density at radius 3 is 1.93 bits per heavy atom. The molecule has 4 rings (SSSR count). The zero-order chi connectivity index (χ0) is 20.1. The molecule has 151 valence electrons. The van der Waals surface area contributed by atoms with Gasteiger partial charge < -0.3 is 9.55 Å². The van der Waals surface area contributed by atoms with Gasteiger partial charge in [-0.15, -0.1) is 12.1 Å². The van der Waals surface area contributed by atoms with Gasteiger partial charge in [0.15, 0.2) is 0 Å². The third-order valence-electron chi connectivity index (χ3n) is 3.46. The number of pyridine rings is 3. The van der Waals surface area contributed by atoms with Crippen molar-refractivity contribution in [2.24, 2.45) is 7.05 Å². The van der Waals surface area contributed by atoms with E-state index in [1.165, 1.54) is 12.4 Å².